The van der Waals surface area contributed by atoms with Crippen LogP contribution < -0.4 is 15.7 Å². The second-order valence-corrected chi connectivity index (χ2v) is 7.32. The van der Waals surface area contributed by atoms with Gasteiger partial charge in [-0.1, -0.05) is 33.6 Å². The van der Waals surface area contributed by atoms with E-state index in [-0.39, 0.29) is 5.92 Å². The van der Waals surface area contributed by atoms with Crippen molar-refractivity contribution in [2.24, 2.45) is 5.92 Å². The third kappa shape index (κ3) is 5.82. The number of ether oxygens (including phenoxy) is 1. The first-order chi connectivity index (χ1) is 13.8. The molecular formula is C22H29NO6. The van der Waals surface area contributed by atoms with Crippen molar-refractivity contribution in [3.8, 4) is 5.75 Å². The number of carbonyl (C=O) groups excluding carboxylic acids is 1. The van der Waals surface area contributed by atoms with Gasteiger partial charge in [-0.05, 0) is 43.4 Å². The van der Waals surface area contributed by atoms with Gasteiger partial charge in [-0.15, -0.1) is 0 Å². The molecule has 7 nitrogen and oxygen atoms in total. The molecule has 0 aliphatic carbocycles. The Hall–Kier alpha value is -2.83. The van der Waals surface area contributed by atoms with E-state index in [0.29, 0.717) is 17.8 Å². The summed E-state index contributed by atoms with van der Waals surface area (Å²) in [5, 5.41) is 12.7. The fraction of sp³-hybridized carbons (Fsp3) is 0.500. The van der Waals surface area contributed by atoms with Crippen LogP contribution in [0.5, 0.6) is 5.75 Å². The molecule has 0 radical (unpaired) electrons. The average Bonchev–Trinajstić information content (AvgIpc) is 2.68. The van der Waals surface area contributed by atoms with E-state index in [1.165, 1.54) is 6.07 Å². The van der Waals surface area contributed by atoms with Crippen LogP contribution in [0.4, 0.5) is 0 Å². The SMILES string of the molecule is CCCCc1cc(=O)oc2cc(O[C@H](C)C(=O)N[C@H](C(=O)O)[C@@H](C)CC)ccc12. The summed E-state index contributed by atoms with van der Waals surface area (Å²) < 4.78 is 11.0. The predicted molar refractivity (Wildman–Crippen MR) is 110 cm³/mol. The van der Waals surface area contributed by atoms with Gasteiger partial charge < -0.3 is 19.6 Å². The van der Waals surface area contributed by atoms with Crippen molar-refractivity contribution < 1.29 is 23.8 Å². The zero-order valence-corrected chi connectivity index (χ0v) is 17.4. The molecule has 0 aliphatic rings. The fourth-order valence-corrected chi connectivity index (χ4v) is 3.07. The number of aliphatic carboxylic acids is 1. The number of carbonyl (C=O) groups is 2. The summed E-state index contributed by atoms with van der Waals surface area (Å²) in [6, 6.07) is 5.64. The molecule has 0 saturated carbocycles. The summed E-state index contributed by atoms with van der Waals surface area (Å²) >= 11 is 0. The molecule has 0 spiro atoms. The number of aryl methyl sites for hydroxylation is 1. The number of hydrogen-bond acceptors (Lipinski definition) is 5. The lowest BCUT2D eigenvalue weighted by Crippen LogP contribution is -2.49. The van der Waals surface area contributed by atoms with Gasteiger partial charge in [0.15, 0.2) is 6.10 Å². The number of unbranched alkanes of at least 4 members (excludes halogenated alkanes) is 1. The predicted octanol–water partition coefficient (Wildman–Crippen LogP) is 3.52. The summed E-state index contributed by atoms with van der Waals surface area (Å²) in [5.41, 5.74) is 0.898. The standard InChI is InChI=1S/C22H29NO6/c1-5-7-8-15-11-19(24)29-18-12-16(9-10-17(15)18)28-14(4)21(25)23-20(22(26)27)13(3)6-2/h9-14,20H,5-8H2,1-4H3,(H,23,25)(H,26,27)/t13-,14+,20-/m0/s1. The minimum absolute atomic E-state index is 0.208. The van der Waals surface area contributed by atoms with Crippen LogP contribution in [-0.4, -0.2) is 29.1 Å². The first-order valence-electron chi connectivity index (χ1n) is 10.0. The molecule has 0 fully saturated rings. The van der Waals surface area contributed by atoms with Gasteiger partial charge in [-0.2, -0.15) is 0 Å². The van der Waals surface area contributed by atoms with E-state index >= 15 is 0 Å². The number of fused-ring (bicyclic) bond motifs is 1. The van der Waals surface area contributed by atoms with Crippen LogP contribution in [0.25, 0.3) is 11.0 Å². The maximum absolute atomic E-state index is 12.4. The van der Waals surface area contributed by atoms with Crippen molar-refractivity contribution in [2.45, 2.75) is 65.5 Å². The zero-order valence-electron chi connectivity index (χ0n) is 17.4. The first-order valence-corrected chi connectivity index (χ1v) is 10.0. The highest BCUT2D eigenvalue weighted by molar-refractivity contribution is 5.86. The quantitative estimate of drug-likeness (QED) is 0.588. The third-order valence-electron chi connectivity index (χ3n) is 5.06. The monoisotopic (exact) mass is 403 g/mol. The number of carboxylic acid groups (broad SMARTS) is 1. The van der Waals surface area contributed by atoms with Crippen LogP contribution in [0.2, 0.25) is 0 Å². The van der Waals surface area contributed by atoms with Crippen molar-refractivity contribution in [1.82, 2.24) is 5.32 Å². The van der Waals surface area contributed by atoms with Crippen LogP contribution in [0.15, 0.2) is 33.5 Å². The Labute approximate surface area is 170 Å². The van der Waals surface area contributed by atoms with Crippen molar-refractivity contribution in [3.63, 3.8) is 0 Å². The molecule has 29 heavy (non-hydrogen) atoms. The maximum atomic E-state index is 12.4. The molecule has 1 amide bonds. The molecule has 2 N–H and O–H groups in total. The normalized spacial score (nSPS) is 14.2. The number of carboxylic acids is 1. The van der Waals surface area contributed by atoms with Crippen LogP contribution in [-0.2, 0) is 16.0 Å². The minimum Gasteiger partial charge on any atom is -0.481 e. The topological polar surface area (TPSA) is 106 Å². The van der Waals surface area contributed by atoms with E-state index in [1.54, 1.807) is 26.0 Å². The van der Waals surface area contributed by atoms with E-state index in [4.69, 9.17) is 9.15 Å². The van der Waals surface area contributed by atoms with Gasteiger partial charge in [0, 0.05) is 17.5 Å². The van der Waals surface area contributed by atoms with Gasteiger partial charge in [0.05, 0.1) is 0 Å². The Morgan fingerprint density at radius 3 is 2.55 bits per heavy atom. The van der Waals surface area contributed by atoms with Gasteiger partial charge in [0.2, 0.25) is 0 Å². The molecule has 1 aromatic carbocycles. The highest BCUT2D eigenvalue weighted by atomic mass is 16.5. The molecule has 2 rings (SSSR count). The van der Waals surface area contributed by atoms with E-state index in [0.717, 1.165) is 30.2 Å². The van der Waals surface area contributed by atoms with Crippen molar-refractivity contribution in [2.75, 3.05) is 0 Å². The van der Waals surface area contributed by atoms with Gasteiger partial charge >= 0.3 is 11.6 Å². The van der Waals surface area contributed by atoms with E-state index in [1.807, 2.05) is 13.0 Å². The van der Waals surface area contributed by atoms with Gasteiger partial charge in [-0.25, -0.2) is 9.59 Å². The molecule has 0 saturated heterocycles. The summed E-state index contributed by atoms with van der Waals surface area (Å²) in [7, 11) is 0. The fourth-order valence-electron chi connectivity index (χ4n) is 3.07. The number of hydrogen-bond donors (Lipinski definition) is 2. The lowest BCUT2D eigenvalue weighted by Gasteiger charge is -2.22. The van der Waals surface area contributed by atoms with Crippen molar-refractivity contribution in [1.29, 1.82) is 0 Å². The van der Waals surface area contributed by atoms with Crippen molar-refractivity contribution >= 4 is 22.8 Å². The Morgan fingerprint density at radius 2 is 1.93 bits per heavy atom. The smallest absolute Gasteiger partial charge is 0.336 e. The van der Waals surface area contributed by atoms with E-state index < -0.39 is 29.6 Å². The Balaban J connectivity index is 2.17. The number of benzene rings is 1. The lowest BCUT2D eigenvalue weighted by molar-refractivity contribution is -0.144. The van der Waals surface area contributed by atoms with E-state index in [2.05, 4.69) is 12.2 Å². The van der Waals surface area contributed by atoms with Crippen LogP contribution in [0.1, 0.15) is 52.5 Å². The minimum atomic E-state index is -1.08. The molecular weight excluding hydrogens is 374 g/mol. The van der Waals surface area contributed by atoms with Gasteiger partial charge in [0.25, 0.3) is 5.91 Å². The molecule has 7 heteroatoms. The number of rotatable bonds is 10. The van der Waals surface area contributed by atoms with E-state index in [9.17, 15) is 19.5 Å². The summed E-state index contributed by atoms with van der Waals surface area (Å²) in [4.78, 5) is 35.7. The highest BCUT2D eigenvalue weighted by Crippen LogP contribution is 2.24. The van der Waals surface area contributed by atoms with Crippen LogP contribution in [0, 0.1) is 5.92 Å². The molecule has 1 heterocycles. The molecule has 158 valence electrons. The van der Waals surface area contributed by atoms with Crippen LogP contribution in [0.3, 0.4) is 0 Å². The summed E-state index contributed by atoms with van der Waals surface area (Å²) in [6.07, 6.45) is 2.48. The largest absolute Gasteiger partial charge is 0.481 e. The molecule has 2 aromatic rings. The van der Waals surface area contributed by atoms with Crippen molar-refractivity contribution in [3.05, 3.63) is 40.2 Å². The lowest BCUT2D eigenvalue weighted by atomic mass is 9.99. The second kappa shape index (κ2) is 10.1. The number of nitrogens with one attached hydrogen (secondary N) is 1. The maximum Gasteiger partial charge on any atom is 0.336 e. The Kier molecular flexibility index (Phi) is 7.82. The first kappa shape index (κ1) is 22.5. The molecule has 3 atom stereocenters. The molecule has 0 unspecified atom stereocenters. The number of amides is 1. The Morgan fingerprint density at radius 1 is 1.21 bits per heavy atom. The van der Waals surface area contributed by atoms with Gasteiger partial charge in [-0.3, -0.25) is 4.79 Å². The Bertz CT molecular complexity index is 919. The molecule has 0 bridgehead atoms. The summed E-state index contributed by atoms with van der Waals surface area (Å²) in [6.45, 7) is 7.27. The molecule has 1 aromatic heterocycles. The second-order valence-electron chi connectivity index (χ2n) is 7.32. The average molecular weight is 403 g/mol. The van der Waals surface area contributed by atoms with Crippen LogP contribution >= 0.6 is 0 Å². The van der Waals surface area contributed by atoms with Gasteiger partial charge in [0.1, 0.15) is 17.4 Å². The third-order valence-corrected chi connectivity index (χ3v) is 5.06. The highest BCUT2D eigenvalue weighted by Gasteiger charge is 2.28. The summed E-state index contributed by atoms with van der Waals surface area (Å²) in [5.74, 6) is -1.44. The molecule has 0 aliphatic heterocycles. The zero-order chi connectivity index (χ0) is 21.6.